The van der Waals surface area contributed by atoms with Crippen molar-refractivity contribution in [2.24, 2.45) is 0 Å². The summed E-state index contributed by atoms with van der Waals surface area (Å²) in [5, 5.41) is 1.97. The van der Waals surface area contributed by atoms with Crippen LogP contribution in [0.1, 0.15) is 18.2 Å². The van der Waals surface area contributed by atoms with E-state index in [1.54, 1.807) is 18.3 Å². The quantitative estimate of drug-likeness (QED) is 0.650. The van der Waals surface area contributed by atoms with Crippen LogP contribution in [-0.4, -0.2) is 5.97 Å². The van der Waals surface area contributed by atoms with E-state index in [0.29, 0.717) is 13.0 Å². The second-order valence-corrected chi connectivity index (χ2v) is 3.13. The third-order valence-corrected chi connectivity index (χ3v) is 2.09. The molecule has 0 radical (unpaired) electrons. The lowest BCUT2D eigenvalue weighted by Gasteiger charge is -1.98. The number of ether oxygens (including phenoxy) is 1. The maximum Gasteiger partial charge on any atom is 0.305 e. The van der Waals surface area contributed by atoms with Gasteiger partial charge in [-0.05, 0) is 11.4 Å². The van der Waals surface area contributed by atoms with Crippen molar-refractivity contribution in [3.63, 3.8) is 0 Å². The first-order valence-electron chi connectivity index (χ1n) is 3.51. The van der Waals surface area contributed by atoms with Gasteiger partial charge >= 0.3 is 5.97 Å². The molecule has 0 aromatic carbocycles. The van der Waals surface area contributed by atoms with Crippen molar-refractivity contribution in [1.29, 1.82) is 0 Å². The third-order valence-electron chi connectivity index (χ3n) is 1.24. The minimum absolute atomic E-state index is 0.140. The Morgan fingerprint density at radius 1 is 1.73 bits per heavy atom. The van der Waals surface area contributed by atoms with Gasteiger partial charge < -0.3 is 4.74 Å². The molecule has 1 rings (SSSR count). The van der Waals surface area contributed by atoms with Crippen LogP contribution in [0.2, 0.25) is 0 Å². The smallest absolute Gasteiger partial charge is 0.305 e. The van der Waals surface area contributed by atoms with Crippen LogP contribution in [0, 0.1) is 0 Å². The van der Waals surface area contributed by atoms with Gasteiger partial charge in [0.15, 0.2) is 0 Å². The largest absolute Gasteiger partial charge is 0.460 e. The SMILES string of the molecule is CCC(=O)OCc1cccs1. The normalized spacial score (nSPS) is 9.55. The minimum atomic E-state index is -0.140. The molecule has 0 unspecified atom stereocenters. The van der Waals surface area contributed by atoms with E-state index in [1.165, 1.54) is 0 Å². The van der Waals surface area contributed by atoms with E-state index < -0.39 is 0 Å². The van der Waals surface area contributed by atoms with E-state index in [-0.39, 0.29) is 5.97 Å². The highest BCUT2D eigenvalue weighted by atomic mass is 32.1. The van der Waals surface area contributed by atoms with Crippen LogP contribution in [0.25, 0.3) is 0 Å². The van der Waals surface area contributed by atoms with Crippen LogP contribution in [0.15, 0.2) is 17.5 Å². The molecule has 0 spiro atoms. The molecule has 0 amide bonds. The summed E-state index contributed by atoms with van der Waals surface area (Å²) in [7, 11) is 0. The van der Waals surface area contributed by atoms with Crippen LogP contribution >= 0.6 is 11.3 Å². The first-order valence-corrected chi connectivity index (χ1v) is 4.39. The van der Waals surface area contributed by atoms with Crippen molar-refractivity contribution < 1.29 is 9.53 Å². The van der Waals surface area contributed by atoms with Gasteiger partial charge in [-0.25, -0.2) is 0 Å². The number of carbonyl (C=O) groups excluding carboxylic acids is 1. The molecule has 3 heteroatoms. The summed E-state index contributed by atoms with van der Waals surface area (Å²) in [6.07, 6.45) is 0.450. The number of esters is 1. The fraction of sp³-hybridized carbons (Fsp3) is 0.375. The highest BCUT2D eigenvalue weighted by Crippen LogP contribution is 2.09. The van der Waals surface area contributed by atoms with Crippen molar-refractivity contribution in [3.8, 4) is 0 Å². The second kappa shape index (κ2) is 4.13. The molecular weight excluding hydrogens is 160 g/mol. The molecule has 11 heavy (non-hydrogen) atoms. The number of carbonyl (C=O) groups is 1. The average Bonchev–Trinajstić information content (AvgIpc) is 2.52. The Balaban J connectivity index is 2.29. The van der Waals surface area contributed by atoms with Gasteiger partial charge in [0.1, 0.15) is 6.61 Å². The van der Waals surface area contributed by atoms with E-state index in [2.05, 4.69) is 0 Å². The van der Waals surface area contributed by atoms with Crippen molar-refractivity contribution in [3.05, 3.63) is 22.4 Å². The Kier molecular flexibility index (Phi) is 3.11. The van der Waals surface area contributed by atoms with Gasteiger partial charge in [0.05, 0.1) is 0 Å². The van der Waals surface area contributed by atoms with Crippen molar-refractivity contribution >= 4 is 17.3 Å². The molecule has 0 aliphatic heterocycles. The standard InChI is InChI=1S/C8H10O2S/c1-2-8(9)10-6-7-4-3-5-11-7/h3-5H,2,6H2,1H3. The molecule has 60 valence electrons. The third kappa shape index (κ3) is 2.72. The van der Waals surface area contributed by atoms with E-state index in [1.807, 2.05) is 17.5 Å². The molecule has 0 fully saturated rings. The highest BCUT2D eigenvalue weighted by Gasteiger charge is 1.98. The summed E-state index contributed by atoms with van der Waals surface area (Å²) in [4.78, 5) is 11.8. The summed E-state index contributed by atoms with van der Waals surface area (Å²) in [6.45, 7) is 2.21. The fourth-order valence-corrected chi connectivity index (χ4v) is 1.26. The molecule has 0 saturated heterocycles. The summed E-state index contributed by atoms with van der Waals surface area (Å²) < 4.78 is 4.91. The monoisotopic (exact) mass is 170 g/mol. The molecular formula is C8H10O2S. The van der Waals surface area contributed by atoms with E-state index in [0.717, 1.165) is 4.88 Å². The summed E-state index contributed by atoms with van der Waals surface area (Å²) in [5.74, 6) is -0.140. The van der Waals surface area contributed by atoms with Crippen molar-refractivity contribution in [2.75, 3.05) is 0 Å². The van der Waals surface area contributed by atoms with Gasteiger partial charge in [0.2, 0.25) is 0 Å². The lowest BCUT2D eigenvalue weighted by atomic mass is 10.5. The predicted octanol–water partition coefficient (Wildman–Crippen LogP) is 2.20. The Morgan fingerprint density at radius 3 is 3.09 bits per heavy atom. The zero-order chi connectivity index (χ0) is 8.10. The summed E-state index contributed by atoms with van der Waals surface area (Å²) in [5.41, 5.74) is 0. The second-order valence-electron chi connectivity index (χ2n) is 2.09. The molecule has 1 aromatic heterocycles. The van der Waals surface area contributed by atoms with E-state index >= 15 is 0 Å². The molecule has 0 aliphatic carbocycles. The Labute approximate surface area is 69.8 Å². The number of thiophene rings is 1. The van der Waals surface area contributed by atoms with Crippen LogP contribution in [0.5, 0.6) is 0 Å². The maximum absolute atomic E-state index is 10.7. The van der Waals surface area contributed by atoms with Crippen molar-refractivity contribution in [1.82, 2.24) is 0 Å². The van der Waals surface area contributed by atoms with Gasteiger partial charge in [-0.1, -0.05) is 13.0 Å². The molecule has 0 N–H and O–H groups in total. The molecule has 1 aromatic rings. The Bertz CT molecular complexity index is 216. The van der Waals surface area contributed by atoms with Crippen LogP contribution in [-0.2, 0) is 16.1 Å². The molecule has 0 aliphatic rings. The fourth-order valence-electron chi connectivity index (χ4n) is 0.648. The molecule has 2 nitrogen and oxygen atoms in total. The lowest BCUT2D eigenvalue weighted by molar-refractivity contribution is -0.144. The predicted molar refractivity (Wildman–Crippen MR) is 44.4 cm³/mol. The van der Waals surface area contributed by atoms with Crippen LogP contribution in [0.4, 0.5) is 0 Å². The van der Waals surface area contributed by atoms with Gasteiger partial charge in [-0.3, -0.25) is 4.79 Å². The molecule has 0 bridgehead atoms. The van der Waals surface area contributed by atoms with Gasteiger partial charge in [-0.2, -0.15) is 0 Å². The van der Waals surface area contributed by atoms with Crippen LogP contribution < -0.4 is 0 Å². The minimum Gasteiger partial charge on any atom is -0.460 e. The zero-order valence-electron chi connectivity index (χ0n) is 6.37. The topological polar surface area (TPSA) is 26.3 Å². The number of rotatable bonds is 3. The summed E-state index contributed by atoms with van der Waals surface area (Å²) in [6, 6.07) is 3.90. The molecule has 1 heterocycles. The first kappa shape index (κ1) is 8.27. The Hall–Kier alpha value is -0.830. The highest BCUT2D eigenvalue weighted by molar-refractivity contribution is 7.09. The van der Waals surface area contributed by atoms with Crippen molar-refractivity contribution in [2.45, 2.75) is 20.0 Å². The van der Waals surface area contributed by atoms with Crippen LogP contribution in [0.3, 0.4) is 0 Å². The zero-order valence-corrected chi connectivity index (χ0v) is 7.19. The number of hydrogen-bond donors (Lipinski definition) is 0. The molecule has 0 saturated carbocycles. The number of hydrogen-bond acceptors (Lipinski definition) is 3. The maximum atomic E-state index is 10.7. The van der Waals surface area contributed by atoms with Gasteiger partial charge in [0, 0.05) is 11.3 Å². The summed E-state index contributed by atoms with van der Waals surface area (Å²) >= 11 is 1.60. The van der Waals surface area contributed by atoms with E-state index in [4.69, 9.17) is 4.74 Å². The Morgan fingerprint density at radius 2 is 2.55 bits per heavy atom. The lowest BCUT2D eigenvalue weighted by Crippen LogP contribution is -2.00. The van der Waals surface area contributed by atoms with E-state index in [9.17, 15) is 4.79 Å². The van der Waals surface area contributed by atoms with Gasteiger partial charge in [-0.15, -0.1) is 11.3 Å². The van der Waals surface area contributed by atoms with Gasteiger partial charge in [0.25, 0.3) is 0 Å². The molecule has 0 atom stereocenters. The first-order chi connectivity index (χ1) is 5.33. The average molecular weight is 170 g/mol.